The van der Waals surface area contributed by atoms with Gasteiger partial charge in [0.05, 0.1) is 23.6 Å². The third-order valence-corrected chi connectivity index (χ3v) is 9.33. The maximum Gasteiger partial charge on any atom is 0.252 e. The number of amides is 2. The topological polar surface area (TPSA) is 138 Å². The van der Waals surface area contributed by atoms with E-state index in [-0.39, 0.29) is 55.2 Å². The van der Waals surface area contributed by atoms with E-state index < -0.39 is 33.5 Å². The summed E-state index contributed by atoms with van der Waals surface area (Å²) < 4.78 is 40.6. The van der Waals surface area contributed by atoms with Crippen LogP contribution in [0.2, 0.25) is 0 Å². The molecule has 0 saturated heterocycles. The number of aliphatic hydroxyl groups excluding tert-OH is 1. The van der Waals surface area contributed by atoms with E-state index >= 15 is 0 Å². The van der Waals surface area contributed by atoms with Gasteiger partial charge in [0.2, 0.25) is 15.9 Å². The molecule has 3 N–H and O–H groups in total. The number of fused-ring (bicyclic) bond motifs is 1. The number of hydrogen-bond donors (Lipinski definition) is 3. The fraction of sp³-hybridized carbons (Fsp3) is 0.576. The van der Waals surface area contributed by atoms with Gasteiger partial charge in [0, 0.05) is 31.6 Å². The molecular formula is C33H48N4O7S. The number of carbonyl (C=O) groups excluding carboxylic acids is 2. The zero-order valence-corrected chi connectivity index (χ0v) is 27.8. The van der Waals surface area contributed by atoms with E-state index in [0.29, 0.717) is 24.7 Å². The molecule has 248 valence electrons. The Labute approximate surface area is 267 Å². The predicted molar refractivity (Wildman–Crippen MR) is 171 cm³/mol. The number of nitrogens with zero attached hydrogens (tertiary/aromatic N) is 2. The van der Waals surface area contributed by atoms with Crippen LogP contribution in [-0.4, -0.2) is 85.7 Å². The number of hydrazine groups is 1. The van der Waals surface area contributed by atoms with Crippen LogP contribution in [0.3, 0.4) is 0 Å². The first-order valence-corrected chi connectivity index (χ1v) is 17.1. The van der Waals surface area contributed by atoms with Crippen molar-refractivity contribution in [1.82, 2.24) is 20.1 Å². The minimum atomic E-state index is -4.10. The van der Waals surface area contributed by atoms with Crippen molar-refractivity contribution in [2.24, 2.45) is 11.3 Å². The van der Waals surface area contributed by atoms with Crippen molar-refractivity contribution in [1.29, 1.82) is 0 Å². The molecule has 0 radical (unpaired) electrons. The Morgan fingerprint density at radius 3 is 2.29 bits per heavy atom. The second-order valence-corrected chi connectivity index (χ2v) is 15.5. The lowest BCUT2D eigenvalue weighted by Gasteiger charge is -2.38. The van der Waals surface area contributed by atoms with Gasteiger partial charge in [0.1, 0.15) is 13.2 Å². The van der Waals surface area contributed by atoms with Gasteiger partial charge in [-0.25, -0.2) is 13.4 Å². The highest BCUT2D eigenvalue weighted by Gasteiger charge is 2.37. The van der Waals surface area contributed by atoms with Crippen LogP contribution in [0.5, 0.6) is 11.5 Å². The summed E-state index contributed by atoms with van der Waals surface area (Å²) in [7, 11) is -4.10. The molecule has 0 aromatic heterocycles. The number of aliphatic hydroxyl groups is 1. The predicted octanol–water partition coefficient (Wildman–Crippen LogP) is 3.12. The summed E-state index contributed by atoms with van der Waals surface area (Å²) in [6, 6.07) is 13.1. The molecule has 1 heterocycles. The summed E-state index contributed by atoms with van der Waals surface area (Å²) >= 11 is 0. The molecule has 1 fully saturated rings. The molecule has 1 aliphatic carbocycles. The van der Waals surface area contributed by atoms with Gasteiger partial charge in [-0.3, -0.25) is 15.0 Å². The van der Waals surface area contributed by atoms with Crippen molar-refractivity contribution < 1.29 is 32.6 Å². The highest BCUT2D eigenvalue weighted by Crippen LogP contribution is 2.33. The van der Waals surface area contributed by atoms with Crippen LogP contribution in [0.1, 0.15) is 59.4 Å². The molecule has 1 unspecified atom stereocenters. The van der Waals surface area contributed by atoms with Gasteiger partial charge in [-0.1, -0.05) is 65.0 Å². The molecule has 1 aliphatic heterocycles. The van der Waals surface area contributed by atoms with Crippen molar-refractivity contribution in [3.8, 4) is 11.5 Å². The van der Waals surface area contributed by atoms with E-state index in [9.17, 15) is 23.1 Å². The molecular weight excluding hydrogens is 596 g/mol. The van der Waals surface area contributed by atoms with Gasteiger partial charge in [-0.2, -0.15) is 4.31 Å². The summed E-state index contributed by atoms with van der Waals surface area (Å²) in [5.41, 5.74) is 3.19. The van der Waals surface area contributed by atoms with Crippen molar-refractivity contribution in [3.63, 3.8) is 0 Å². The zero-order chi connectivity index (χ0) is 32.8. The third-order valence-electron chi connectivity index (χ3n) is 7.50. The number of rotatable bonds is 14. The molecule has 1 saturated carbocycles. The van der Waals surface area contributed by atoms with Gasteiger partial charge in [-0.15, -0.1) is 0 Å². The number of benzene rings is 2. The SMILES string of the molecule is CC(C)CN(C[C@@H](O)C(Cc1ccccc1)N(NC(=O)CNC1CC1)C(=O)CC(C)(C)C)S(=O)(=O)c1ccc2c(c1)OCCO2. The van der Waals surface area contributed by atoms with Crippen LogP contribution in [0.15, 0.2) is 53.4 Å². The zero-order valence-electron chi connectivity index (χ0n) is 27.0. The van der Waals surface area contributed by atoms with Crippen molar-refractivity contribution in [3.05, 3.63) is 54.1 Å². The first kappa shape index (κ1) is 34.7. The standard InChI is InChI=1S/C33H48N4O7S/c1-23(2)21-36(45(41,42)26-13-14-29-30(18-26)44-16-15-43-29)22-28(38)27(17-24-9-7-6-8-10-24)37(32(40)19-33(3,4)5)35-31(39)20-34-25-11-12-25/h6-10,13-14,18,23,25,27-28,34,38H,11-12,15-17,19-22H2,1-5H3,(H,35,39)/t27?,28-/m1/s1. The number of sulfonamides is 1. The second-order valence-electron chi connectivity index (χ2n) is 13.5. The maximum absolute atomic E-state index is 14.1. The highest BCUT2D eigenvalue weighted by atomic mass is 32.2. The quantitative estimate of drug-likeness (QED) is 0.267. The second kappa shape index (κ2) is 14.9. The molecule has 2 aromatic carbocycles. The normalized spacial score (nSPS) is 16.4. The van der Waals surface area contributed by atoms with E-state index in [0.717, 1.165) is 18.4 Å². The molecule has 0 bridgehead atoms. The van der Waals surface area contributed by atoms with Gasteiger partial charge >= 0.3 is 0 Å². The first-order chi connectivity index (χ1) is 21.2. The average molecular weight is 645 g/mol. The summed E-state index contributed by atoms with van der Waals surface area (Å²) in [6.45, 7) is 10.1. The Morgan fingerprint density at radius 2 is 1.67 bits per heavy atom. The Morgan fingerprint density at radius 1 is 1.00 bits per heavy atom. The fourth-order valence-electron chi connectivity index (χ4n) is 5.16. The van der Waals surface area contributed by atoms with Crippen molar-refractivity contribution in [2.75, 3.05) is 32.8 Å². The Hall–Kier alpha value is -3.19. The Kier molecular flexibility index (Phi) is 11.5. The minimum absolute atomic E-state index is 0.0133. The van der Waals surface area contributed by atoms with Gasteiger partial charge in [0.15, 0.2) is 11.5 Å². The lowest BCUT2D eigenvalue weighted by Crippen LogP contribution is -2.60. The first-order valence-electron chi connectivity index (χ1n) is 15.7. The minimum Gasteiger partial charge on any atom is -0.486 e. The lowest BCUT2D eigenvalue weighted by molar-refractivity contribution is -0.149. The molecule has 2 atom stereocenters. The summed E-state index contributed by atoms with van der Waals surface area (Å²) in [5, 5.41) is 16.3. The summed E-state index contributed by atoms with van der Waals surface area (Å²) in [6.07, 6.45) is 0.939. The molecule has 0 spiro atoms. The van der Waals surface area contributed by atoms with Crippen LogP contribution < -0.4 is 20.2 Å². The number of ether oxygens (including phenoxy) is 2. The lowest BCUT2D eigenvalue weighted by atomic mass is 9.91. The molecule has 45 heavy (non-hydrogen) atoms. The summed E-state index contributed by atoms with van der Waals surface area (Å²) in [4.78, 5) is 26.9. The molecule has 2 amide bonds. The van der Waals surface area contributed by atoms with E-state index in [1.54, 1.807) is 6.07 Å². The molecule has 2 aromatic rings. The third kappa shape index (κ3) is 10.2. The van der Waals surface area contributed by atoms with E-state index in [1.807, 2.05) is 65.0 Å². The van der Waals surface area contributed by atoms with Gasteiger partial charge in [0.25, 0.3) is 5.91 Å². The van der Waals surface area contributed by atoms with E-state index in [1.165, 1.54) is 21.4 Å². The number of hydrogen-bond acceptors (Lipinski definition) is 8. The largest absolute Gasteiger partial charge is 0.486 e. The summed E-state index contributed by atoms with van der Waals surface area (Å²) in [5.74, 6) is -0.0254. The van der Waals surface area contributed by atoms with Crippen LogP contribution >= 0.6 is 0 Å². The fourth-order valence-corrected chi connectivity index (χ4v) is 6.80. The van der Waals surface area contributed by atoms with Crippen LogP contribution in [0.25, 0.3) is 0 Å². The molecule has 11 nitrogen and oxygen atoms in total. The monoisotopic (exact) mass is 644 g/mol. The Balaban J connectivity index is 1.67. The smallest absolute Gasteiger partial charge is 0.252 e. The van der Waals surface area contributed by atoms with Gasteiger partial charge < -0.3 is 19.9 Å². The molecule has 12 heteroatoms. The maximum atomic E-state index is 14.1. The number of carbonyl (C=O) groups is 2. The Bertz CT molecular complexity index is 1410. The van der Waals surface area contributed by atoms with Gasteiger partial charge in [-0.05, 0) is 48.3 Å². The van der Waals surface area contributed by atoms with E-state index in [4.69, 9.17) is 9.47 Å². The molecule has 4 rings (SSSR count). The number of nitrogens with one attached hydrogen (secondary N) is 2. The molecule has 2 aliphatic rings. The van der Waals surface area contributed by atoms with Crippen molar-refractivity contribution in [2.45, 2.75) is 83.4 Å². The highest BCUT2D eigenvalue weighted by molar-refractivity contribution is 7.89. The van der Waals surface area contributed by atoms with Crippen LogP contribution in [-0.2, 0) is 26.0 Å². The van der Waals surface area contributed by atoms with Crippen molar-refractivity contribution >= 4 is 21.8 Å². The van der Waals surface area contributed by atoms with Crippen LogP contribution in [0.4, 0.5) is 0 Å². The van der Waals surface area contributed by atoms with Crippen LogP contribution in [0, 0.1) is 11.3 Å². The van der Waals surface area contributed by atoms with E-state index in [2.05, 4.69) is 10.7 Å². The average Bonchev–Trinajstić information content (AvgIpc) is 3.81.